The molecule has 0 fully saturated rings. The van der Waals surface area contributed by atoms with Crippen molar-refractivity contribution in [2.75, 3.05) is 12.4 Å². The molecule has 2 aromatic carbocycles. The fourth-order valence-corrected chi connectivity index (χ4v) is 3.39. The summed E-state index contributed by atoms with van der Waals surface area (Å²) >= 11 is 1.31. The molecule has 0 bridgehead atoms. The molecule has 1 N–H and O–H groups in total. The first kappa shape index (κ1) is 22.5. The number of nitrogens with one attached hydrogen (secondary N) is 1. The van der Waals surface area contributed by atoms with Crippen LogP contribution in [0.5, 0.6) is 5.75 Å². The lowest BCUT2D eigenvalue weighted by Gasteiger charge is -2.16. The van der Waals surface area contributed by atoms with Crippen molar-refractivity contribution in [1.29, 1.82) is 0 Å². The summed E-state index contributed by atoms with van der Waals surface area (Å²) in [6, 6.07) is 7.07. The Labute approximate surface area is 169 Å². The first-order chi connectivity index (χ1) is 13.6. The van der Waals surface area contributed by atoms with Crippen molar-refractivity contribution in [3.63, 3.8) is 0 Å². The first-order valence-corrected chi connectivity index (χ1v) is 9.46. The van der Waals surface area contributed by atoms with E-state index in [4.69, 9.17) is 4.74 Å². The van der Waals surface area contributed by atoms with Gasteiger partial charge in [-0.25, -0.2) is 0 Å². The molecule has 0 radical (unpaired) electrons. The van der Waals surface area contributed by atoms with Crippen LogP contribution in [0.2, 0.25) is 0 Å². The van der Waals surface area contributed by atoms with Crippen LogP contribution in [-0.4, -0.2) is 23.2 Å². The van der Waals surface area contributed by atoms with Gasteiger partial charge in [-0.1, -0.05) is 13.8 Å². The molecule has 1 atom stereocenters. The Morgan fingerprint density at radius 2 is 1.97 bits per heavy atom. The van der Waals surface area contributed by atoms with Gasteiger partial charge >= 0.3 is 11.9 Å². The van der Waals surface area contributed by atoms with Crippen LogP contribution in [0.4, 0.5) is 24.5 Å². The average molecular weight is 428 g/mol. The first-order valence-electron chi connectivity index (χ1n) is 8.58. The number of carbonyl (C=O) groups excluding carboxylic acids is 1. The molecule has 0 aromatic heterocycles. The Kier molecular flexibility index (Phi) is 7.12. The molecule has 156 valence electrons. The highest BCUT2D eigenvalue weighted by Gasteiger charge is 2.34. The second-order valence-electron chi connectivity index (χ2n) is 6.14. The summed E-state index contributed by atoms with van der Waals surface area (Å²) < 4.78 is 45.4. The van der Waals surface area contributed by atoms with Gasteiger partial charge in [-0.15, -0.1) is 11.8 Å². The lowest BCUT2D eigenvalue weighted by atomic mass is 10.1. The summed E-state index contributed by atoms with van der Waals surface area (Å²) in [6.45, 7) is 3.84. The lowest BCUT2D eigenvalue weighted by molar-refractivity contribution is -0.385. The van der Waals surface area contributed by atoms with Gasteiger partial charge in [0.25, 0.3) is 5.91 Å². The van der Waals surface area contributed by atoms with Gasteiger partial charge in [-0.05, 0) is 36.8 Å². The van der Waals surface area contributed by atoms with Crippen molar-refractivity contribution in [2.24, 2.45) is 0 Å². The normalized spacial score (nSPS) is 12.3. The van der Waals surface area contributed by atoms with E-state index in [9.17, 15) is 28.1 Å². The van der Waals surface area contributed by atoms with E-state index in [0.29, 0.717) is 4.90 Å². The molecule has 0 aliphatic heterocycles. The number of benzene rings is 2. The second-order valence-corrected chi connectivity index (χ2v) is 7.65. The van der Waals surface area contributed by atoms with Crippen LogP contribution in [0, 0.1) is 10.1 Å². The quantitative estimate of drug-likeness (QED) is 0.344. The van der Waals surface area contributed by atoms with Gasteiger partial charge in [0, 0.05) is 21.8 Å². The summed E-state index contributed by atoms with van der Waals surface area (Å²) in [5.74, 6) is -0.961. The standard InChI is InChI=1S/C19H19F3N2O4S/c1-4-11(2)29-13-6-7-15(14(10-13)19(20,21)22)23-18(25)12-5-8-17(28-3)16(9-12)24(26)27/h5-11H,4H2,1-3H3,(H,23,25). The predicted octanol–water partition coefficient (Wildman–Crippen LogP) is 5.77. The number of methoxy groups -OCH3 is 1. The molecule has 6 nitrogen and oxygen atoms in total. The molecule has 10 heteroatoms. The Morgan fingerprint density at radius 1 is 1.28 bits per heavy atom. The van der Waals surface area contributed by atoms with Crippen molar-refractivity contribution < 1.29 is 27.6 Å². The van der Waals surface area contributed by atoms with Crippen molar-refractivity contribution in [3.8, 4) is 5.75 Å². The number of carbonyl (C=O) groups is 1. The van der Waals surface area contributed by atoms with Crippen LogP contribution in [0.25, 0.3) is 0 Å². The number of thioether (sulfide) groups is 1. The monoisotopic (exact) mass is 428 g/mol. The van der Waals surface area contributed by atoms with E-state index in [1.807, 2.05) is 13.8 Å². The Balaban J connectivity index is 2.36. The van der Waals surface area contributed by atoms with Crippen molar-refractivity contribution in [3.05, 3.63) is 57.6 Å². The molecule has 1 unspecified atom stereocenters. The van der Waals surface area contributed by atoms with Gasteiger partial charge in [0.15, 0.2) is 5.75 Å². The third kappa shape index (κ3) is 5.63. The van der Waals surface area contributed by atoms with Gasteiger partial charge in [-0.3, -0.25) is 14.9 Å². The topological polar surface area (TPSA) is 81.5 Å². The minimum absolute atomic E-state index is 0.0612. The van der Waals surface area contributed by atoms with Gasteiger partial charge in [0.05, 0.1) is 23.3 Å². The number of anilines is 1. The number of hydrogen-bond donors (Lipinski definition) is 1. The Bertz CT molecular complexity index is 919. The van der Waals surface area contributed by atoms with Crippen LogP contribution in [0.3, 0.4) is 0 Å². The zero-order chi connectivity index (χ0) is 21.8. The maximum absolute atomic E-state index is 13.5. The van der Waals surface area contributed by atoms with E-state index in [0.717, 1.165) is 18.6 Å². The minimum atomic E-state index is -4.68. The molecular weight excluding hydrogens is 409 g/mol. The maximum Gasteiger partial charge on any atom is 0.418 e. The maximum atomic E-state index is 13.5. The zero-order valence-electron chi connectivity index (χ0n) is 15.9. The number of ether oxygens (including phenoxy) is 1. The van der Waals surface area contributed by atoms with E-state index in [2.05, 4.69) is 5.32 Å². The number of rotatable bonds is 7. The van der Waals surface area contributed by atoms with E-state index < -0.39 is 33.9 Å². The SMILES string of the molecule is CCC(C)Sc1ccc(NC(=O)c2ccc(OC)c([N+](=O)[O-])c2)c(C(F)(F)F)c1. The van der Waals surface area contributed by atoms with Crippen LogP contribution in [-0.2, 0) is 6.18 Å². The number of nitro benzene ring substituents is 1. The fraction of sp³-hybridized carbons (Fsp3) is 0.316. The number of nitrogens with zero attached hydrogens (tertiary/aromatic N) is 1. The molecule has 2 rings (SSSR count). The minimum Gasteiger partial charge on any atom is -0.490 e. The molecule has 0 heterocycles. The third-order valence-corrected chi connectivity index (χ3v) is 5.36. The van der Waals surface area contributed by atoms with Gasteiger partial charge < -0.3 is 10.1 Å². The smallest absolute Gasteiger partial charge is 0.418 e. The van der Waals surface area contributed by atoms with Crippen LogP contribution < -0.4 is 10.1 Å². The summed E-state index contributed by atoms with van der Waals surface area (Å²) in [4.78, 5) is 23.2. The van der Waals surface area contributed by atoms with Crippen LogP contribution in [0.1, 0.15) is 36.2 Å². The molecule has 0 aliphatic rings. The molecule has 29 heavy (non-hydrogen) atoms. The highest BCUT2D eigenvalue weighted by atomic mass is 32.2. The number of nitro groups is 1. The van der Waals surface area contributed by atoms with Crippen LogP contribution >= 0.6 is 11.8 Å². The number of hydrogen-bond acceptors (Lipinski definition) is 5. The summed E-state index contributed by atoms with van der Waals surface area (Å²) in [7, 11) is 1.23. The lowest BCUT2D eigenvalue weighted by Crippen LogP contribution is -2.17. The van der Waals surface area contributed by atoms with Crippen molar-refractivity contribution in [1.82, 2.24) is 0 Å². The molecule has 0 aliphatic carbocycles. The number of alkyl halides is 3. The summed E-state index contributed by atoms with van der Waals surface area (Å²) in [5, 5.41) is 13.4. The van der Waals surface area contributed by atoms with Crippen LogP contribution in [0.15, 0.2) is 41.3 Å². The molecule has 0 saturated carbocycles. The summed E-state index contributed by atoms with van der Waals surface area (Å²) in [6.07, 6.45) is -3.89. The van der Waals surface area contributed by atoms with E-state index in [1.54, 1.807) is 0 Å². The van der Waals surface area contributed by atoms with Crippen molar-refractivity contribution in [2.45, 2.75) is 36.6 Å². The predicted molar refractivity (Wildman–Crippen MR) is 105 cm³/mol. The Morgan fingerprint density at radius 3 is 2.52 bits per heavy atom. The number of amides is 1. The summed E-state index contributed by atoms with van der Waals surface area (Å²) in [5.41, 5.74) is -2.03. The third-order valence-electron chi connectivity index (χ3n) is 4.09. The fourth-order valence-electron chi connectivity index (χ4n) is 2.42. The Hall–Kier alpha value is -2.75. The molecule has 1 amide bonds. The van der Waals surface area contributed by atoms with Crippen molar-refractivity contribution >= 4 is 29.0 Å². The van der Waals surface area contributed by atoms with E-state index in [-0.39, 0.29) is 16.6 Å². The zero-order valence-corrected chi connectivity index (χ0v) is 16.7. The van der Waals surface area contributed by atoms with E-state index in [1.165, 1.54) is 43.1 Å². The molecule has 2 aromatic rings. The van der Waals surface area contributed by atoms with Gasteiger partial charge in [0.2, 0.25) is 0 Å². The van der Waals surface area contributed by atoms with Gasteiger partial charge in [0.1, 0.15) is 0 Å². The second kappa shape index (κ2) is 9.17. The molecule has 0 spiro atoms. The molecule has 0 saturated heterocycles. The van der Waals surface area contributed by atoms with E-state index >= 15 is 0 Å². The largest absolute Gasteiger partial charge is 0.490 e. The van der Waals surface area contributed by atoms with Gasteiger partial charge in [-0.2, -0.15) is 13.2 Å². The highest BCUT2D eigenvalue weighted by molar-refractivity contribution is 7.99. The highest BCUT2D eigenvalue weighted by Crippen LogP contribution is 2.38. The number of halogens is 3. The average Bonchev–Trinajstić information content (AvgIpc) is 2.67. The molecular formula is C19H19F3N2O4S.